The number of likely N-dealkylation sites (tertiary alicyclic amines) is 1. The maximum absolute atomic E-state index is 13.8. The minimum Gasteiger partial charge on any atom is -0.347 e. The molecule has 1 saturated heterocycles. The number of nitrogens with zero attached hydrogens (tertiary/aromatic N) is 3. The minimum atomic E-state index is -0.990. The van der Waals surface area contributed by atoms with Crippen LogP contribution in [-0.2, 0) is 24.0 Å². The molecule has 45 heavy (non-hydrogen) atoms. The van der Waals surface area contributed by atoms with Gasteiger partial charge in [-0.25, -0.2) is 4.98 Å². The number of aromatic nitrogens is 2. The first-order chi connectivity index (χ1) is 21.3. The number of carbonyl (C=O) groups is 6. The lowest BCUT2D eigenvalue weighted by molar-refractivity contribution is -0.143. The number of ketones is 1. The van der Waals surface area contributed by atoms with Gasteiger partial charge < -0.3 is 26.2 Å². The molecule has 1 aromatic heterocycles. The van der Waals surface area contributed by atoms with Gasteiger partial charge in [-0.2, -0.15) is 0 Å². The molecule has 13 nitrogen and oxygen atoms in total. The predicted octanol–water partition coefficient (Wildman–Crippen LogP) is 1.34. The molecule has 0 saturated carbocycles. The van der Waals surface area contributed by atoms with E-state index in [0.717, 1.165) is 5.56 Å². The van der Waals surface area contributed by atoms with Gasteiger partial charge in [-0.1, -0.05) is 80.6 Å². The predicted molar refractivity (Wildman–Crippen MR) is 174 cm³/mol. The molecule has 4 N–H and O–H groups in total. The van der Waals surface area contributed by atoms with E-state index in [1.54, 1.807) is 34.6 Å². The zero-order valence-electron chi connectivity index (χ0n) is 26.0. The monoisotopic (exact) mass is 733 g/mol. The Balaban J connectivity index is 1.64. The van der Waals surface area contributed by atoms with Gasteiger partial charge in [0.2, 0.25) is 23.5 Å². The number of carbonyl (C=O) groups excluding carboxylic acids is 6. The van der Waals surface area contributed by atoms with E-state index in [1.807, 2.05) is 30.3 Å². The van der Waals surface area contributed by atoms with Crippen LogP contribution in [-0.4, -0.2) is 85.3 Å². The fourth-order valence-corrected chi connectivity index (χ4v) is 5.86. The van der Waals surface area contributed by atoms with Gasteiger partial charge >= 0.3 is 0 Å². The minimum absolute atomic E-state index is 0.0492. The molecule has 0 bridgehead atoms. The average Bonchev–Trinajstić information content (AvgIpc) is 3.42. The molecule has 0 spiro atoms. The third-order valence-corrected chi connectivity index (χ3v) is 8.77. The van der Waals surface area contributed by atoms with Crippen molar-refractivity contribution < 1.29 is 28.8 Å². The fourth-order valence-electron chi connectivity index (χ4n) is 4.86. The largest absolute Gasteiger partial charge is 0.347 e. The molecule has 0 radical (unpaired) electrons. The second kappa shape index (κ2) is 16.4. The second-order valence-electron chi connectivity index (χ2n) is 11.5. The summed E-state index contributed by atoms with van der Waals surface area (Å²) in [6, 6.07) is 5.88. The third-order valence-electron chi connectivity index (χ3n) is 7.46. The highest BCUT2D eigenvalue weighted by atomic mass is 127. The van der Waals surface area contributed by atoms with Crippen LogP contribution in [0, 0.1) is 11.8 Å². The van der Waals surface area contributed by atoms with Crippen molar-refractivity contribution in [1.82, 2.24) is 36.1 Å². The van der Waals surface area contributed by atoms with Crippen molar-refractivity contribution in [1.29, 1.82) is 0 Å². The number of halogens is 1. The van der Waals surface area contributed by atoms with Crippen molar-refractivity contribution in [3.05, 3.63) is 60.2 Å². The van der Waals surface area contributed by atoms with Gasteiger partial charge in [0.15, 0.2) is 0 Å². The zero-order valence-corrected chi connectivity index (χ0v) is 28.1. The molecular formula is C31H40IN7O6. The molecule has 14 heteroatoms. The molecule has 5 atom stereocenters. The lowest BCUT2D eigenvalue weighted by Gasteiger charge is -2.32. The third kappa shape index (κ3) is 9.52. The molecule has 1 aliphatic rings. The first-order valence-corrected chi connectivity index (χ1v) is 16.0. The van der Waals surface area contributed by atoms with Crippen LogP contribution < -0.4 is 21.3 Å². The van der Waals surface area contributed by atoms with Crippen LogP contribution in [0.15, 0.2) is 48.9 Å². The lowest BCUT2D eigenvalue weighted by atomic mass is 9.99. The Morgan fingerprint density at radius 3 is 2.18 bits per heavy atom. The van der Waals surface area contributed by atoms with Crippen LogP contribution >= 0.6 is 22.6 Å². The highest BCUT2D eigenvalue weighted by Crippen LogP contribution is 2.27. The van der Waals surface area contributed by atoms with E-state index in [1.165, 1.54) is 23.5 Å². The summed E-state index contributed by atoms with van der Waals surface area (Å²) >= 11 is 2.09. The highest BCUT2D eigenvalue weighted by Gasteiger charge is 2.44. The van der Waals surface area contributed by atoms with Gasteiger partial charge in [-0.3, -0.25) is 33.8 Å². The summed E-state index contributed by atoms with van der Waals surface area (Å²) in [6.07, 6.45) is 4.61. The Labute approximate surface area is 276 Å². The molecule has 1 aliphatic heterocycles. The zero-order chi connectivity index (χ0) is 33.3. The van der Waals surface area contributed by atoms with Gasteiger partial charge in [0.1, 0.15) is 23.8 Å². The van der Waals surface area contributed by atoms with Crippen LogP contribution in [0.1, 0.15) is 63.1 Å². The maximum Gasteiger partial charge on any atom is 0.289 e. The van der Waals surface area contributed by atoms with Crippen LogP contribution in [0.5, 0.6) is 0 Å². The quantitative estimate of drug-likeness (QED) is 0.135. The van der Waals surface area contributed by atoms with E-state index in [4.69, 9.17) is 0 Å². The number of alkyl halides is 1. The molecule has 0 unspecified atom stereocenters. The van der Waals surface area contributed by atoms with Gasteiger partial charge in [-0.15, -0.1) is 0 Å². The Hall–Kier alpha value is -3.95. The molecule has 1 aromatic carbocycles. The number of Topliss-reactive ketones (excluding diaryl/α,β-unsaturated/α-hetero) is 1. The molecule has 242 valence electrons. The van der Waals surface area contributed by atoms with Crippen LogP contribution in [0.4, 0.5) is 0 Å². The smallest absolute Gasteiger partial charge is 0.289 e. The second-order valence-corrected chi connectivity index (χ2v) is 13.1. The van der Waals surface area contributed by atoms with Crippen LogP contribution in [0.3, 0.4) is 0 Å². The van der Waals surface area contributed by atoms with Crippen LogP contribution in [0.25, 0.3) is 0 Å². The van der Waals surface area contributed by atoms with Crippen molar-refractivity contribution in [2.45, 2.75) is 69.1 Å². The number of nitrogens with one attached hydrogen (secondary N) is 4. The standard InChI is InChI=1S/C31H40IN7O6/c1-17(2)24(37-27(41)22-15-33-12-13-34-22)29(43)38-25(18(3)4)31(45)39-14-11-21(32)26(39)30(44)35-16-23(40)28(42)36-19(5)20-9-7-6-8-10-20/h6-10,12-13,15,17-19,21,24-26H,11,14,16H2,1-5H3,(H,35,44)(H,36,42)(H,37,41)(H,38,43)/t19-,21-,24-,25-,26-/m0/s1. The summed E-state index contributed by atoms with van der Waals surface area (Å²) in [4.78, 5) is 87.4. The molecular weight excluding hydrogens is 693 g/mol. The molecule has 3 rings (SSSR count). The van der Waals surface area contributed by atoms with Crippen molar-refractivity contribution in [3.8, 4) is 0 Å². The normalized spacial score (nSPS) is 18.1. The van der Waals surface area contributed by atoms with Gasteiger partial charge in [-0.05, 0) is 30.7 Å². The Kier molecular flexibility index (Phi) is 12.9. The number of rotatable bonds is 13. The molecule has 1 fully saturated rings. The molecule has 2 aromatic rings. The highest BCUT2D eigenvalue weighted by molar-refractivity contribution is 14.1. The van der Waals surface area contributed by atoms with Gasteiger partial charge in [0.05, 0.1) is 18.8 Å². The number of benzene rings is 1. The summed E-state index contributed by atoms with van der Waals surface area (Å²) in [5, 5.41) is 10.6. The SMILES string of the molecule is CC(C)[C@H](NC(=O)c1cnccn1)C(=O)N[C@H](C(=O)N1CC[C@H](I)[C@H]1C(=O)NCC(=O)C(=O)N[C@@H](C)c1ccccc1)C(C)C. The van der Waals surface area contributed by atoms with Crippen LogP contribution in [0.2, 0.25) is 0 Å². The maximum atomic E-state index is 13.8. The summed E-state index contributed by atoms with van der Waals surface area (Å²) in [5.74, 6) is -4.47. The summed E-state index contributed by atoms with van der Waals surface area (Å²) in [5.41, 5.74) is 0.878. The van der Waals surface area contributed by atoms with Crippen molar-refractivity contribution in [2.24, 2.45) is 11.8 Å². The number of hydrogen-bond donors (Lipinski definition) is 4. The van der Waals surface area contributed by atoms with Crippen molar-refractivity contribution in [2.75, 3.05) is 13.1 Å². The van der Waals surface area contributed by atoms with Crippen molar-refractivity contribution >= 4 is 57.9 Å². The average molecular weight is 734 g/mol. The first-order valence-electron chi connectivity index (χ1n) is 14.8. The Morgan fingerprint density at radius 1 is 0.911 bits per heavy atom. The first kappa shape index (κ1) is 35.5. The number of hydrogen-bond acceptors (Lipinski definition) is 8. The molecule has 5 amide bonds. The van der Waals surface area contributed by atoms with E-state index in [-0.39, 0.29) is 28.0 Å². The topological polar surface area (TPSA) is 180 Å². The lowest BCUT2D eigenvalue weighted by Crippen LogP contribution is -2.59. The summed E-state index contributed by atoms with van der Waals surface area (Å²) < 4.78 is -0.258. The summed E-state index contributed by atoms with van der Waals surface area (Å²) in [6.45, 7) is 8.56. The number of amides is 5. The van der Waals surface area contributed by atoms with Crippen molar-refractivity contribution in [3.63, 3.8) is 0 Å². The summed E-state index contributed by atoms with van der Waals surface area (Å²) in [7, 11) is 0. The van der Waals surface area contributed by atoms with E-state index in [0.29, 0.717) is 6.42 Å². The Morgan fingerprint density at radius 2 is 1.58 bits per heavy atom. The Bertz CT molecular complexity index is 1380. The van der Waals surface area contributed by atoms with E-state index >= 15 is 0 Å². The molecule has 0 aliphatic carbocycles. The fraction of sp³-hybridized carbons (Fsp3) is 0.484. The van der Waals surface area contributed by atoms with E-state index in [2.05, 4.69) is 53.8 Å². The van der Waals surface area contributed by atoms with Gasteiger partial charge in [0, 0.05) is 22.9 Å². The molecule has 2 heterocycles. The van der Waals surface area contributed by atoms with E-state index < -0.39 is 66.0 Å². The van der Waals surface area contributed by atoms with Gasteiger partial charge in [0.25, 0.3) is 11.8 Å². The van der Waals surface area contributed by atoms with E-state index in [9.17, 15) is 28.8 Å².